The van der Waals surface area contributed by atoms with Gasteiger partial charge in [0.25, 0.3) is 0 Å². The molecule has 0 spiro atoms. The molecule has 0 fully saturated rings. The lowest BCUT2D eigenvalue weighted by atomic mass is 10.1. The van der Waals surface area contributed by atoms with Gasteiger partial charge in [-0.25, -0.2) is 0 Å². The number of halogens is 1. The zero-order valence-electron chi connectivity index (χ0n) is 8.85. The van der Waals surface area contributed by atoms with E-state index in [0.29, 0.717) is 0 Å². The summed E-state index contributed by atoms with van der Waals surface area (Å²) < 4.78 is 4.97. The fourth-order valence-electron chi connectivity index (χ4n) is 1.23. The van der Waals surface area contributed by atoms with E-state index in [1.165, 1.54) is 13.2 Å². The predicted octanol–water partition coefficient (Wildman–Crippen LogP) is 3.40. The molecule has 0 heterocycles. The third-order valence-electron chi connectivity index (χ3n) is 1.99. The van der Waals surface area contributed by atoms with E-state index < -0.39 is 4.92 Å². The van der Waals surface area contributed by atoms with Gasteiger partial charge in [0.1, 0.15) is 0 Å². The van der Waals surface area contributed by atoms with Gasteiger partial charge >= 0.3 is 5.69 Å². The number of rotatable bonds is 5. The number of nitro groups is 1. The van der Waals surface area contributed by atoms with Crippen LogP contribution in [0, 0.1) is 10.1 Å². The Bertz CT molecular complexity index is 404. The lowest BCUT2D eigenvalue weighted by Crippen LogP contribution is -1.93. The SMILES string of the molecule is COc1cc(C=CCCBr)ccc1[N+](=O)[O-]. The van der Waals surface area contributed by atoms with E-state index in [1.807, 2.05) is 12.2 Å². The molecule has 0 N–H and O–H groups in total. The van der Waals surface area contributed by atoms with Crippen LogP contribution in [0.2, 0.25) is 0 Å². The lowest BCUT2D eigenvalue weighted by molar-refractivity contribution is -0.385. The highest BCUT2D eigenvalue weighted by Crippen LogP contribution is 2.27. The Morgan fingerprint density at radius 1 is 1.56 bits per heavy atom. The standard InChI is InChI=1S/C11H12BrNO3/c1-16-11-8-9(4-2-3-7-12)5-6-10(11)13(14)15/h2,4-6,8H,3,7H2,1H3. The third kappa shape index (κ3) is 3.34. The van der Waals surface area contributed by atoms with Crippen molar-refractivity contribution in [1.29, 1.82) is 0 Å². The minimum atomic E-state index is -0.454. The second-order valence-electron chi connectivity index (χ2n) is 3.07. The molecule has 0 amide bonds. The van der Waals surface area contributed by atoms with Gasteiger partial charge in [-0.3, -0.25) is 10.1 Å². The molecular formula is C11H12BrNO3. The van der Waals surface area contributed by atoms with Crippen molar-refractivity contribution in [2.45, 2.75) is 6.42 Å². The Kier molecular flexibility index (Phi) is 4.98. The second-order valence-corrected chi connectivity index (χ2v) is 3.86. The summed E-state index contributed by atoms with van der Waals surface area (Å²) in [6.07, 6.45) is 4.82. The maximum absolute atomic E-state index is 10.7. The Balaban J connectivity index is 2.95. The number of ether oxygens (including phenoxy) is 1. The molecule has 0 saturated heterocycles. The molecule has 0 saturated carbocycles. The monoisotopic (exact) mass is 285 g/mol. The predicted molar refractivity (Wildman–Crippen MR) is 67.1 cm³/mol. The maximum Gasteiger partial charge on any atom is 0.310 e. The molecule has 1 aromatic rings. The number of alkyl halides is 1. The molecule has 16 heavy (non-hydrogen) atoms. The molecule has 0 aromatic heterocycles. The van der Waals surface area contributed by atoms with E-state index in [9.17, 15) is 10.1 Å². The van der Waals surface area contributed by atoms with Crippen molar-refractivity contribution in [3.05, 3.63) is 40.0 Å². The van der Waals surface area contributed by atoms with Crippen LogP contribution < -0.4 is 4.74 Å². The van der Waals surface area contributed by atoms with E-state index in [2.05, 4.69) is 15.9 Å². The van der Waals surface area contributed by atoms with Crippen molar-refractivity contribution >= 4 is 27.7 Å². The second kappa shape index (κ2) is 6.27. The molecule has 1 rings (SSSR count). The number of hydrogen-bond acceptors (Lipinski definition) is 3. The van der Waals surface area contributed by atoms with Crippen LogP contribution in [0.4, 0.5) is 5.69 Å². The molecule has 5 heteroatoms. The van der Waals surface area contributed by atoms with E-state index >= 15 is 0 Å². The first-order valence-corrected chi connectivity index (χ1v) is 5.86. The van der Waals surface area contributed by atoms with Crippen molar-refractivity contribution in [2.24, 2.45) is 0 Å². The van der Waals surface area contributed by atoms with E-state index in [1.54, 1.807) is 12.1 Å². The van der Waals surface area contributed by atoms with Gasteiger partial charge in [0.15, 0.2) is 5.75 Å². The van der Waals surface area contributed by atoms with Crippen LogP contribution in [-0.4, -0.2) is 17.4 Å². The average molecular weight is 286 g/mol. The summed E-state index contributed by atoms with van der Waals surface area (Å²) in [4.78, 5) is 10.2. The zero-order chi connectivity index (χ0) is 12.0. The highest BCUT2D eigenvalue weighted by molar-refractivity contribution is 9.09. The molecule has 4 nitrogen and oxygen atoms in total. The number of nitrogens with zero attached hydrogens (tertiary/aromatic N) is 1. The smallest absolute Gasteiger partial charge is 0.310 e. The fraction of sp³-hybridized carbons (Fsp3) is 0.273. The van der Waals surface area contributed by atoms with Gasteiger partial charge in [0, 0.05) is 11.4 Å². The Morgan fingerprint density at radius 2 is 2.31 bits per heavy atom. The third-order valence-corrected chi connectivity index (χ3v) is 2.44. The molecule has 0 radical (unpaired) electrons. The quantitative estimate of drug-likeness (QED) is 0.473. The van der Waals surface area contributed by atoms with Crippen molar-refractivity contribution in [3.8, 4) is 5.75 Å². The van der Waals surface area contributed by atoms with Crippen LogP contribution in [0.3, 0.4) is 0 Å². The number of hydrogen-bond donors (Lipinski definition) is 0. The number of methoxy groups -OCH3 is 1. The highest BCUT2D eigenvalue weighted by atomic mass is 79.9. The molecular weight excluding hydrogens is 274 g/mol. The summed E-state index contributed by atoms with van der Waals surface area (Å²) in [6, 6.07) is 4.81. The minimum absolute atomic E-state index is 0.0138. The van der Waals surface area contributed by atoms with Crippen LogP contribution >= 0.6 is 15.9 Å². The number of nitro benzene ring substituents is 1. The van der Waals surface area contributed by atoms with Crippen molar-refractivity contribution in [2.75, 3.05) is 12.4 Å². The molecule has 86 valence electrons. The van der Waals surface area contributed by atoms with Gasteiger partial charge in [0.05, 0.1) is 12.0 Å². The van der Waals surface area contributed by atoms with Crippen LogP contribution in [0.5, 0.6) is 5.75 Å². The van der Waals surface area contributed by atoms with Crippen molar-refractivity contribution in [1.82, 2.24) is 0 Å². The molecule has 0 aliphatic rings. The Hall–Kier alpha value is -1.36. The van der Waals surface area contributed by atoms with Gasteiger partial charge in [-0.2, -0.15) is 0 Å². The van der Waals surface area contributed by atoms with Crippen LogP contribution in [0.15, 0.2) is 24.3 Å². The Morgan fingerprint density at radius 3 is 2.88 bits per heavy atom. The molecule has 0 unspecified atom stereocenters. The summed E-state index contributed by atoms with van der Waals surface area (Å²) >= 11 is 3.32. The van der Waals surface area contributed by atoms with Crippen molar-refractivity contribution < 1.29 is 9.66 Å². The van der Waals surface area contributed by atoms with E-state index in [4.69, 9.17) is 4.74 Å². The first kappa shape index (κ1) is 12.7. The molecule has 1 aromatic carbocycles. The fourth-order valence-corrected chi connectivity index (χ4v) is 1.50. The summed E-state index contributed by atoms with van der Waals surface area (Å²) in [5, 5.41) is 11.6. The molecule has 0 aliphatic carbocycles. The largest absolute Gasteiger partial charge is 0.490 e. The molecule has 0 aliphatic heterocycles. The number of allylic oxidation sites excluding steroid dienone is 1. The maximum atomic E-state index is 10.7. The molecule has 0 bridgehead atoms. The van der Waals surface area contributed by atoms with E-state index in [0.717, 1.165) is 17.3 Å². The summed E-state index contributed by atoms with van der Waals surface area (Å²) in [6.45, 7) is 0. The topological polar surface area (TPSA) is 52.4 Å². The van der Waals surface area contributed by atoms with Crippen LogP contribution in [-0.2, 0) is 0 Å². The van der Waals surface area contributed by atoms with Crippen molar-refractivity contribution in [3.63, 3.8) is 0 Å². The van der Waals surface area contributed by atoms with Gasteiger partial charge in [-0.15, -0.1) is 0 Å². The van der Waals surface area contributed by atoms with Gasteiger partial charge < -0.3 is 4.74 Å². The highest BCUT2D eigenvalue weighted by Gasteiger charge is 2.13. The van der Waals surface area contributed by atoms with Gasteiger partial charge in [-0.05, 0) is 24.1 Å². The zero-order valence-corrected chi connectivity index (χ0v) is 10.4. The first-order valence-electron chi connectivity index (χ1n) is 4.74. The summed E-state index contributed by atoms with van der Waals surface area (Å²) in [5.74, 6) is 0.283. The summed E-state index contributed by atoms with van der Waals surface area (Å²) in [5.41, 5.74) is 0.878. The lowest BCUT2D eigenvalue weighted by Gasteiger charge is -2.02. The first-order chi connectivity index (χ1) is 7.69. The summed E-state index contributed by atoms with van der Waals surface area (Å²) in [7, 11) is 1.42. The van der Waals surface area contributed by atoms with Crippen LogP contribution in [0.25, 0.3) is 6.08 Å². The Labute approximate surface area is 102 Å². The minimum Gasteiger partial charge on any atom is -0.490 e. The van der Waals surface area contributed by atoms with E-state index in [-0.39, 0.29) is 11.4 Å². The normalized spacial score (nSPS) is 10.6. The number of benzene rings is 1. The average Bonchev–Trinajstić information content (AvgIpc) is 2.29. The van der Waals surface area contributed by atoms with Crippen LogP contribution in [0.1, 0.15) is 12.0 Å². The van der Waals surface area contributed by atoms with Gasteiger partial charge in [0.2, 0.25) is 0 Å². The van der Waals surface area contributed by atoms with Gasteiger partial charge in [-0.1, -0.05) is 28.1 Å². The molecule has 0 atom stereocenters.